The second kappa shape index (κ2) is 9.66. The van der Waals surface area contributed by atoms with Crippen molar-refractivity contribution >= 4 is 11.8 Å². The molecule has 0 aliphatic carbocycles. The molecule has 2 N–H and O–H groups in total. The van der Waals surface area contributed by atoms with E-state index in [4.69, 9.17) is 13.9 Å². The minimum Gasteiger partial charge on any atom is -0.493 e. The van der Waals surface area contributed by atoms with Gasteiger partial charge in [-0.05, 0) is 35.7 Å². The van der Waals surface area contributed by atoms with Gasteiger partial charge in [0.2, 0.25) is 11.8 Å². The maximum Gasteiger partial charge on any atom is 0.243 e. The molecule has 7 heteroatoms. The predicted molar refractivity (Wildman–Crippen MR) is 101 cm³/mol. The van der Waals surface area contributed by atoms with E-state index in [1.54, 1.807) is 50.8 Å². The van der Waals surface area contributed by atoms with Crippen molar-refractivity contribution in [3.8, 4) is 11.5 Å². The standard InChI is InChI=1S/C20H26N2O5/c1-13(2)19(20(24)21-12-15-6-5-9-27-15)22-18(23)11-14-7-8-16(25-3)17(10-14)26-4/h5-10,13,19H,11-12H2,1-4H3,(H,21,24)(H,22,23)/t19-/m1/s1. The summed E-state index contributed by atoms with van der Waals surface area (Å²) in [6.07, 6.45) is 1.68. The van der Waals surface area contributed by atoms with E-state index in [0.29, 0.717) is 17.3 Å². The van der Waals surface area contributed by atoms with Crippen LogP contribution in [0.15, 0.2) is 41.0 Å². The largest absolute Gasteiger partial charge is 0.493 e. The molecule has 27 heavy (non-hydrogen) atoms. The van der Waals surface area contributed by atoms with Gasteiger partial charge in [-0.3, -0.25) is 9.59 Å². The highest BCUT2D eigenvalue weighted by Crippen LogP contribution is 2.27. The van der Waals surface area contributed by atoms with E-state index < -0.39 is 6.04 Å². The monoisotopic (exact) mass is 374 g/mol. The molecule has 0 aliphatic heterocycles. The number of methoxy groups -OCH3 is 2. The predicted octanol–water partition coefficient (Wildman–Crippen LogP) is 2.30. The molecule has 0 bridgehead atoms. The van der Waals surface area contributed by atoms with E-state index in [2.05, 4.69) is 10.6 Å². The summed E-state index contributed by atoms with van der Waals surface area (Å²) in [6.45, 7) is 4.04. The van der Waals surface area contributed by atoms with Crippen LogP contribution in [0.4, 0.5) is 0 Å². The number of furan rings is 1. The summed E-state index contributed by atoms with van der Waals surface area (Å²) in [5.41, 5.74) is 0.767. The molecule has 7 nitrogen and oxygen atoms in total. The average molecular weight is 374 g/mol. The lowest BCUT2D eigenvalue weighted by Crippen LogP contribution is -2.49. The summed E-state index contributed by atoms with van der Waals surface area (Å²) in [5, 5.41) is 5.59. The lowest BCUT2D eigenvalue weighted by Gasteiger charge is -2.21. The topological polar surface area (TPSA) is 89.8 Å². The number of carbonyl (C=O) groups is 2. The smallest absolute Gasteiger partial charge is 0.243 e. The van der Waals surface area contributed by atoms with Crippen molar-refractivity contribution in [3.05, 3.63) is 47.9 Å². The van der Waals surface area contributed by atoms with E-state index in [-0.39, 0.29) is 30.7 Å². The highest BCUT2D eigenvalue weighted by Gasteiger charge is 2.24. The Morgan fingerprint density at radius 2 is 1.85 bits per heavy atom. The molecule has 0 fully saturated rings. The van der Waals surface area contributed by atoms with Crippen molar-refractivity contribution in [2.45, 2.75) is 32.9 Å². The van der Waals surface area contributed by atoms with Gasteiger partial charge in [-0.2, -0.15) is 0 Å². The molecule has 0 unspecified atom stereocenters. The summed E-state index contributed by atoms with van der Waals surface area (Å²) in [6, 6.07) is 8.19. The minimum atomic E-state index is -0.632. The first-order valence-electron chi connectivity index (χ1n) is 8.75. The summed E-state index contributed by atoms with van der Waals surface area (Å²) in [7, 11) is 3.10. The first-order valence-corrected chi connectivity index (χ1v) is 8.75. The Morgan fingerprint density at radius 3 is 2.44 bits per heavy atom. The van der Waals surface area contributed by atoms with Gasteiger partial charge in [-0.25, -0.2) is 0 Å². The molecule has 1 aromatic heterocycles. The molecule has 0 radical (unpaired) electrons. The van der Waals surface area contributed by atoms with Crippen molar-refractivity contribution in [3.63, 3.8) is 0 Å². The van der Waals surface area contributed by atoms with E-state index in [9.17, 15) is 9.59 Å². The number of nitrogens with one attached hydrogen (secondary N) is 2. The molecular weight excluding hydrogens is 348 g/mol. The average Bonchev–Trinajstić information content (AvgIpc) is 3.17. The molecule has 1 aromatic carbocycles. The molecule has 2 aromatic rings. The van der Waals surface area contributed by atoms with Crippen LogP contribution < -0.4 is 20.1 Å². The Labute approximate surface area is 159 Å². The van der Waals surface area contributed by atoms with Crippen molar-refractivity contribution in [2.75, 3.05) is 14.2 Å². The molecule has 0 aliphatic rings. The fourth-order valence-corrected chi connectivity index (χ4v) is 2.63. The van der Waals surface area contributed by atoms with E-state index in [1.807, 2.05) is 13.8 Å². The number of carbonyl (C=O) groups excluding carboxylic acids is 2. The third kappa shape index (κ3) is 5.77. The Bertz CT molecular complexity index is 756. The molecule has 0 spiro atoms. The van der Waals surface area contributed by atoms with Gasteiger partial charge < -0.3 is 24.5 Å². The second-order valence-corrected chi connectivity index (χ2v) is 6.45. The zero-order valence-electron chi connectivity index (χ0n) is 16.1. The molecule has 146 valence electrons. The van der Waals surface area contributed by atoms with Crippen LogP contribution in [-0.4, -0.2) is 32.1 Å². The summed E-state index contributed by atoms with van der Waals surface area (Å²) < 4.78 is 15.6. The van der Waals surface area contributed by atoms with Crippen molar-refractivity contribution in [1.82, 2.24) is 10.6 Å². The molecule has 2 rings (SSSR count). The lowest BCUT2D eigenvalue weighted by atomic mass is 10.0. The summed E-state index contributed by atoms with van der Waals surface area (Å²) in [4.78, 5) is 24.9. The zero-order valence-corrected chi connectivity index (χ0v) is 16.1. The van der Waals surface area contributed by atoms with Crippen LogP contribution in [-0.2, 0) is 22.6 Å². The normalized spacial score (nSPS) is 11.7. The van der Waals surface area contributed by atoms with E-state index in [0.717, 1.165) is 5.56 Å². The highest BCUT2D eigenvalue weighted by atomic mass is 16.5. The first kappa shape index (κ1) is 20.4. The zero-order chi connectivity index (χ0) is 19.8. The van der Waals surface area contributed by atoms with Gasteiger partial charge in [0.25, 0.3) is 0 Å². The fourth-order valence-electron chi connectivity index (χ4n) is 2.63. The summed E-state index contributed by atoms with van der Waals surface area (Å²) >= 11 is 0. The maximum absolute atomic E-state index is 12.4. The van der Waals surface area contributed by atoms with Crippen LogP contribution in [0.3, 0.4) is 0 Å². The highest BCUT2D eigenvalue weighted by molar-refractivity contribution is 5.88. The van der Waals surface area contributed by atoms with Crippen LogP contribution in [0.1, 0.15) is 25.2 Å². The van der Waals surface area contributed by atoms with E-state index >= 15 is 0 Å². The molecule has 0 saturated heterocycles. The summed E-state index contributed by atoms with van der Waals surface area (Å²) in [5.74, 6) is 1.26. The van der Waals surface area contributed by atoms with Crippen LogP contribution in [0.2, 0.25) is 0 Å². The van der Waals surface area contributed by atoms with Gasteiger partial charge in [-0.1, -0.05) is 19.9 Å². The minimum absolute atomic E-state index is 0.0593. The van der Waals surface area contributed by atoms with E-state index in [1.165, 1.54) is 0 Å². The first-order chi connectivity index (χ1) is 12.9. The number of hydrogen-bond donors (Lipinski definition) is 2. The van der Waals surface area contributed by atoms with Gasteiger partial charge in [0, 0.05) is 0 Å². The number of benzene rings is 1. The molecule has 2 amide bonds. The SMILES string of the molecule is COc1ccc(CC(=O)N[C@@H](C(=O)NCc2ccco2)C(C)C)cc1OC. The van der Waals surface area contributed by atoms with Gasteiger partial charge >= 0.3 is 0 Å². The van der Waals surface area contributed by atoms with Crippen molar-refractivity contribution in [2.24, 2.45) is 5.92 Å². The molecular formula is C20H26N2O5. The number of ether oxygens (including phenoxy) is 2. The Hall–Kier alpha value is -2.96. The van der Waals surface area contributed by atoms with Crippen molar-refractivity contribution < 1.29 is 23.5 Å². The number of amides is 2. The third-order valence-electron chi connectivity index (χ3n) is 4.10. The van der Waals surface area contributed by atoms with Gasteiger partial charge in [0.05, 0.1) is 33.4 Å². The van der Waals surface area contributed by atoms with Crippen LogP contribution in [0, 0.1) is 5.92 Å². The Kier molecular flexibility index (Phi) is 7.28. The van der Waals surface area contributed by atoms with Gasteiger partial charge in [0.15, 0.2) is 11.5 Å². The Balaban J connectivity index is 1.96. The van der Waals surface area contributed by atoms with Crippen LogP contribution in [0.5, 0.6) is 11.5 Å². The fraction of sp³-hybridized carbons (Fsp3) is 0.400. The van der Waals surface area contributed by atoms with Gasteiger partial charge in [0.1, 0.15) is 11.8 Å². The van der Waals surface area contributed by atoms with Crippen LogP contribution >= 0.6 is 0 Å². The number of rotatable bonds is 9. The molecule has 1 atom stereocenters. The van der Waals surface area contributed by atoms with Crippen LogP contribution in [0.25, 0.3) is 0 Å². The van der Waals surface area contributed by atoms with Crippen molar-refractivity contribution in [1.29, 1.82) is 0 Å². The molecule has 1 heterocycles. The quantitative estimate of drug-likeness (QED) is 0.703. The lowest BCUT2D eigenvalue weighted by molar-refractivity contribution is -0.129. The Morgan fingerprint density at radius 1 is 1.11 bits per heavy atom. The molecule has 0 saturated carbocycles. The second-order valence-electron chi connectivity index (χ2n) is 6.45. The number of hydrogen-bond acceptors (Lipinski definition) is 5. The van der Waals surface area contributed by atoms with Gasteiger partial charge in [-0.15, -0.1) is 0 Å². The third-order valence-corrected chi connectivity index (χ3v) is 4.10. The maximum atomic E-state index is 12.4.